The van der Waals surface area contributed by atoms with Gasteiger partial charge in [0.25, 0.3) is 5.91 Å². The lowest BCUT2D eigenvalue weighted by atomic mass is 9.89. The summed E-state index contributed by atoms with van der Waals surface area (Å²) in [7, 11) is 0. The molecule has 0 aliphatic heterocycles. The smallest absolute Gasteiger partial charge is 0.271 e. The zero-order valence-electron chi connectivity index (χ0n) is 7.43. The van der Waals surface area contributed by atoms with Crippen LogP contribution in [0.4, 0.5) is 5.13 Å². The van der Waals surface area contributed by atoms with E-state index in [4.69, 9.17) is 10.8 Å². The number of nitrogens with two attached hydrogens (primary N) is 1. The summed E-state index contributed by atoms with van der Waals surface area (Å²) < 4.78 is 0. The first kappa shape index (κ1) is 9.42. The van der Waals surface area contributed by atoms with Gasteiger partial charge in [0.1, 0.15) is 5.69 Å². The Kier molecular flexibility index (Phi) is 2.39. The minimum Gasteiger partial charge on any atom is -0.393 e. The molecule has 1 heterocycles. The van der Waals surface area contributed by atoms with E-state index < -0.39 is 0 Å². The van der Waals surface area contributed by atoms with E-state index in [1.54, 1.807) is 5.38 Å². The molecule has 1 aromatic rings. The summed E-state index contributed by atoms with van der Waals surface area (Å²) in [5.74, 6) is -0.213. The summed E-state index contributed by atoms with van der Waals surface area (Å²) >= 11 is 1.24. The van der Waals surface area contributed by atoms with E-state index in [2.05, 4.69) is 10.3 Å². The highest BCUT2D eigenvalue weighted by atomic mass is 32.1. The summed E-state index contributed by atoms with van der Waals surface area (Å²) in [6, 6.07) is 0.0837. The van der Waals surface area contributed by atoms with Gasteiger partial charge in [-0.15, -0.1) is 11.3 Å². The van der Waals surface area contributed by atoms with E-state index in [1.807, 2.05) is 0 Å². The van der Waals surface area contributed by atoms with Gasteiger partial charge in [-0.1, -0.05) is 0 Å². The van der Waals surface area contributed by atoms with Crippen LogP contribution in [-0.2, 0) is 0 Å². The first-order valence-corrected chi connectivity index (χ1v) is 5.23. The lowest BCUT2D eigenvalue weighted by molar-refractivity contribution is 0.0561. The minimum atomic E-state index is -0.263. The Morgan fingerprint density at radius 2 is 2.43 bits per heavy atom. The van der Waals surface area contributed by atoms with Crippen molar-refractivity contribution in [3.8, 4) is 0 Å². The van der Waals surface area contributed by atoms with Crippen molar-refractivity contribution in [1.82, 2.24) is 10.3 Å². The van der Waals surface area contributed by atoms with Crippen molar-refractivity contribution in [3.63, 3.8) is 0 Å². The van der Waals surface area contributed by atoms with E-state index in [-0.39, 0.29) is 18.1 Å². The SMILES string of the molecule is Nc1nc(C(=O)NC2CC(O)C2)cs1. The Balaban J connectivity index is 1.90. The van der Waals surface area contributed by atoms with Crippen LogP contribution in [0.1, 0.15) is 23.3 Å². The predicted molar refractivity (Wildman–Crippen MR) is 53.0 cm³/mol. The van der Waals surface area contributed by atoms with Crippen molar-refractivity contribution in [2.24, 2.45) is 0 Å². The topological polar surface area (TPSA) is 88.2 Å². The number of aromatic nitrogens is 1. The number of rotatable bonds is 2. The first-order chi connectivity index (χ1) is 6.65. The number of aliphatic hydroxyl groups excluding tert-OH is 1. The number of hydrogen-bond donors (Lipinski definition) is 3. The minimum absolute atomic E-state index is 0.0837. The third-order valence-corrected chi connectivity index (χ3v) is 2.88. The van der Waals surface area contributed by atoms with Crippen LogP contribution < -0.4 is 11.1 Å². The van der Waals surface area contributed by atoms with Crippen molar-refractivity contribution in [2.75, 3.05) is 5.73 Å². The van der Waals surface area contributed by atoms with Crippen molar-refractivity contribution in [1.29, 1.82) is 0 Å². The number of nitrogens with zero attached hydrogens (tertiary/aromatic N) is 1. The third kappa shape index (κ3) is 1.85. The standard InChI is InChI=1S/C8H11N3O2S/c9-8-11-6(3-14-8)7(13)10-4-1-5(12)2-4/h3-5,12H,1-2H2,(H2,9,11)(H,10,13). The van der Waals surface area contributed by atoms with Crippen LogP contribution in [0.15, 0.2) is 5.38 Å². The largest absolute Gasteiger partial charge is 0.393 e. The number of nitrogen functional groups attached to an aromatic ring is 1. The van der Waals surface area contributed by atoms with Crippen LogP contribution >= 0.6 is 11.3 Å². The average molecular weight is 213 g/mol. The fourth-order valence-electron chi connectivity index (χ4n) is 1.36. The molecule has 14 heavy (non-hydrogen) atoms. The van der Waals surface area contributed by atoms with E-state index in [0.717, 1.165) is 0 Å². The van der Waals surface area contributed by atoms with E-state index in [9.17, 15) is 4.79 Å². The molecule has 1 fully saturated rings. The van der Waals surface area contributed by atoms with Gasteiger partial charge >= 0.3 is 0 Å². The van der Waals surface area contributed by atoms with E-state index in [0.29, 0.717) is 23.7 Å². The number of carbonyl (C=O) groups excluding carboxylic acids is 1. The van der Waals surface area contributed by atoms with Gasteiger partial charge < -0.3 is 16.2 Å². The van der Waals surface area contributed by atoms with Gasteiger partial charge in [0.05, 0.1) is 6.10 Å². The number of carbonyl (C=O) groups is 1. The number of nitrogens with one attached hydrogen (secondary N) is 1. The molecule has 5 nitrogen and oxygen atoms in total. The van der Waals surface area contributed by atoms with Crippen molar-refractivity contribution in [2.45, 2.75) is 25.0 Å². The number of thiazole rings is 1. The molecule has 0 aromatic carbocycles. The predicted octanol–water partition coefficient (Wildman–Crippen LogP) is -0.0216. The molecule has 1 aromatic heterocycles. The molecule has 0 radical (unpaired) electrons. The van der Waals surface area contributed by atoms with E-state index in [1.165, 1.54) is 11.3 Å². The monoisotopic (exact) mass is 213 g/mol. The molecule has 4 N–H and O–H groups in total. The summed E-state index contributed by atoms with van der Waals surface area (Å²) in [6.07, 6.45) is 0.997. The normalized spacial score (nSPS) is 25.5. The number of amides is 1. The van der Waals surface area contributed by atoms with E-state index >= 15 is 0 Å². The van der Waals surface area contributed by atoms with Gasteiger partial charge in [0, 0.05) is 11.4 Å². The van der Waals surface area contributed by atoms with Crippen molar-refractivity contribution < 1.29 is 9.90 Å². The highest BCUT2D eigenvalue weighted by molar-refractivity contribution is 7.13. The molecule has 0 bridgehead atoms. The van der Waals surface area contributed by atoms with Crippen LogP contribution in [0.25, 0.3) is 0 Å². The summed E-state index contributed by atoms with van der Waals surface area (Å²) in [5, 5.41) is 13.8. The molecule has 76 valence electrons. The Morgan fingerprint density at radius 1 is 1.71 bits per heavy atom. The second-order valence-electron chi connectivity index (χ2n) is 3.37. The molecule has 6 heteroatoms. The number of hydrogen-bond acceptors (Lipinski definition) is 5. The Morgan fingerprint density at radius 3 is 2.93 bits per heavy atom. The van der Waals surface area contributed by atoms with Crippen LogP contribution in [-0.4, -0.2) is 28.1 Å². The molecule has 1 saturated carbocycles. The van der Waals surface area contributed by atoms with Gasteiger partial charge in [-0.05, 0) is 12.8 Å². The van der Waals surface area contributed by atoms with Gasteiger partial charge in [0.2, 0.25) is 0 Å². The van der Waals surface area contributed by atoms with Gasteiger partial charge in [-0.2, -0.15) is 0 Å². The number of aliphatic hydroxyl groups is 1. The number of anilines is 1. The molecular formula is C8H11N3O2S. The molecule has 0 atom stereocenters. The van der Waals surface area contributed by atoms with Crippen LogP contribution in [0.5, 0.6) is 0 Å². The zero-order valence-corrected chi connectivity index (χ0v) is 8.25. The molecule has 1 aliphatic carbocycles. The Hall–Kier alpha value is -1.14. The van der Waals surface area contributed by atoms with Crippen LogP contribution in [0, 0.1) is 0 Å². The Labute approximate surface area is 85.0 Å². The second kappa shape index (κ2) is 3.55. The fourth-order valence-corrected chi connectivity index (χ4v) is 1.90. The first-order valence-electron chi connectivity index (χ1n) is 4.35. The van der Waals surface area contributed by atoms with Gasteiger partial charge in [-0.25, -0.2) is 4.98 Å². The summed E-state index contributed by atoms with van der Waals surface area (Å²) in [5.41, 5.74) is 5.76. The maximum absolute atomic E-state index is 11.5. The average Bonchev–Trinajstić information content (AvgIpc) is 2.49. The van der Waals surface area contributed by atoms with Crippen molar-refractivity contribution >= 4 is 22.4 Å². The quantitative estimate of drug-likeness (QED) is 0.644. The second-order valence-corrected chi connectivity index (χ2v) is 4.26. The molecular weight excluding hydrogens is 202 g/mol. The van der Waals surface area contributed by atoms with Crippen LogP contribution in [0.3, 0.4) is 0 Å². The maximum atomic E-state index is 11.5. The highest BCUT2D eigenvalue weighted by Gasteiger charge is 2.29. The third-order valence-electron chi connectivity index (χ3n) is 2.20. The zero-order chi connectivity index (χ0) is 10.1. The molecule has 0 unspecified atom stereocenters. The molecule has 1 amide bonds. The summed E-state index contributed by atoms with van der Waals surface area (Å²) in [4.78, 5) is 15.3. The van der Waals surface area contributed by atoms with Gasteiger partial charge in [0.15, 0.2) is 5.13 Å². The maximum Gasteiger partial charge on any atom is 0.271 e. The van der Waals surface area contributed by atoms with Crippen molar-refractivity contribution in [3.05, 3.63) is 11.1 Å². The highest BCUT2D eigenvalue weighted by Crippen LogP contribution is 2.20. The molecule has 0 spiro atoms. The van der Waals surface area contributed by atoms with Gasteiger partial charge in [-0.3, -0.25) is 4.79 Å². The van der Waals surface area contributed by atoms with Crippen LogP contribution in [0.2, 0.25) is 0 Å². The lowest BCUT2D eigenvalue weighted by Crippen LogP contribution is -2.46. The molecule has 1 aliphatic rings. The molecule has 0 saturated heterocycles. The fraction of sp³-hybridized carbons (Fsp3) is 0.500. The Bertz CT molecular complexity index is 346. The molecule has 2 rings (SSSR count). The lowest BCUT2D eigenvalue weighted by Gasteiger charge is -2.31. The summed E-state index contributed by atoms with van der Waals surface area (Å²) in [6.45, 7) is 0.